The Morgan fingerprint density at radius 1 is 1.00 bits per heavy atom. The van der Waals surface area contributed by atoms with Gasteiger partial charge in [-0.2, -0.15) is 0 Å². The molecule has 0 unspecified atom stereocenters. The van der Waals surface area contributed by atoms with Crippen LogP contribution in [0, 0.1) is 13.8 Å². The molecule has 0 aliphatic carbocycles. The molecular formula is C28H22ClN3O3S. The second-order valence-electron chi connectivity index (χ2n) is 8.38. The first kappa shape index (κ1) is 23.8. The molecule has 0 aliphatic heterocycles. The van der Waals surface area contributed by atoms with E-state index >= 15 is 0 Å². The number of benzene rings is 4. The summed E-state index contributed by atoms with van der Waals surface area (Å²) in [6.07, 6.45) is 0. The molecule has 1 aromatic heterocycles. The number of hydrogen-bond donors (Lipinski definition) is 2. The molecule has 1 heterocycles. The van der Waals surface area contributed by atoms with Gasteiger partial charge < -0.3 is 14.5 Å². The fourth-order valence-corrected chi connectivity index (χ4v) is 4.33. The van der Waals surface area contributed by atoms with Crippen molar-refractivity contribution < 1.29 is 13.9 Å². The Morgan fingerprint density at radius 3 is 2.64 bits per heavy atom. The molecule has 0 fully saturated rings. The summed E-state index contributed by atoms with van der Waals surface area (Å²) in [4.78, 5) is 16.9. The highest BCUT2D eigenvalue weighted by molar-refractivity contribution is 7.80. The largest absolute Gasteiger partial charge is 0.484 e. The summed E-state index contributed by atoms with van der Waals surface area (Å²) in [5, 5.41) is 8.37. The van der Waals surface area contributed by atoms with Crippen LogP contribution in [0.15, 0.2) is 77.2 Å². The number of rotatable bonds is 5. The molecule has 5 aromatic rings. The van der Waals surface area contributed by atoms with Crippen LogP contribution in [0.1, 0.15) is 11.1 Å². The average Bonchev–Trinajstić information content (AvgIpc) is 3.28. The van der Waals surface area contributed by atoms with E-state index < -0.39 is 0 Å². The third-order valence-corrected chi connectivity index (χ3v) is 6.38. The van der Waals surface area contributed by atoms with Crippen molar-refractivity contribution in [3.05, 3.63) is 88.9 Å². The Balaban J connectivity index is 1.26. The predicted molar refractivity (Wildman–Crippen MR) is 148 cm³/mol. The Hall–Kier alpha value is -3.94. The van der Waals surface area contributed by atoms with Crippen LogP contribution in [0.3, 0.4) is 0 Å². The number of oxazole rings is 1. The number of hydrogen-bond acceptors (Lipinski definition) is 5. The maximum Gasteiger partial charge on any atom is 0.264 e. The van der Waals surface area contributed by atoms with E-state index in [9.17, 15) is 4.79 Å². The third-order valence-electron chi connectivity index (χ3n) is 5.85. The lowest BCUT2D eigenvalue weighted by Gasteiger charge is -2.11. The number of carbonyl (C=O) groups is 1. The molecule has 4 aromatic carbocycles. The summed E-state index contributed by atoms with van der Waals surface area (Å²) in [5.74, 6) is 0.771. The first-order valence-electron chi connectivity index (χ1n) is 11.3. The second-order valence-corrected chi connectivity index (χ2v) is 9.19. The van der Waals surface area contributed by atoms with Crippen LogP contribution in [-0.4, -0.2) is 22.6 Å². The minimum atomic E-state index is -0.356. The van der Waals surface area contributed by atoms with Gasteiger partial charge in [-0.3, -0.25) is 10.1 Å². The van der Waals surface area contributed by atoms with Gasteiger partial charge in [0, 0.05) is 21.7 Å². The van der Waals surface area contributed by atoms with Crippen molar-refractivity contribution in [3.8, 4) is 17.2 Å². The number of nitrogens with zero attached hydrogens (tertiary/aromatic N) is 1. The molecular weight excluding hydrogens is 494 g/mol. The Morgan fingerprint density at radius 2 is 1.81 bits per heavy atom. The molecule has 0 saturated heterocycles. The zero-order valence-electron chi connectivity index (χ0n) is 19.6. The number of aryl methyl sites for hydroxylation is 2. The number of thiocarbonyl (C=S) groups is 1. The van der Waals surface area contributed by atoms with Crippen molar-refractivity contribution in [1.29, 1.82) is 0 Å². The van der Waals surface area contributed by atoms with E-state index in [-0.39, 0.29) is 17.6 Å². The predicted octanol–water partition coefficient (Wildman–Crippen LogP) is 6.81. The number of amides is 1. The number of carbonyl (C=O) groups excluding carboxylic acids is 1. The van der Waals surface area contributed by atoms with Gasteiger partial charge in [0.15, 0.2) is 17.3 Å². The number of aromatic nitrogens is 1. The van der Waals surface area contributed by atoms with Crippen LogP contribution in [0.25, 0.3) is 33.3 Å². The second kappa shape index (κ2) is 9.97. The Bertz CT molecular complexity index is 1630. The van der Waals surface area contributed by atoms with Gasteiger partial charge in [0.1, 0.15) is 11.3 Å². The summed E-state index contributed by atoms with van der Waals surface area (Å²) in [7, 11) is 0. The minimum Gasteiger partial charge on any atom is -0.484 e. The molecule has 6 nitrogen and oxygen atoms in total. The number of ether oxygens (including phenoxy) is 1. The molecule has 36 heavy (non-hydrogen) atoms. The zero-order chi connectivity index (χ0) is 25.2. The van der Waals surface area contributed by atoms with Crippen molar-refractivity contribution >= 4 is 62.4 Å². The van der Waals surface area contributed by atoms with E-state index in [1.807, 2.05) is 74.5 Å². The molecule has 0 aliphatic rings. The maximum atomic E-state index is 12.3. The fourth-order valence-electron chi connectivity index (χ4n) is 3.86. The maximum absolute atomic E-state index is 12.3. The van der Waals surface area contributed by atoms with Gasteiger partial charge in [0.25, 0.3) is 5.91 Å². The van der Waals surface area contributed by atoms with Gasteiger partial charge in [-0.05, 0) is 85.0 Å². The molecule has 2 N–H and O–H groups in total. The monoisotopic (exact) mass is 515 g/mol. The van der Waals surface area contributed by atoms with Crippen molar-refractivity contribution in [3.63, 3.8) is 0 Å². The van der Waals surface area contributed by atoms with Gasteiger partial charge in [-0.25, -0.2) is 4.98 Å². The van der Waals surface area contributed by atoms with Crippen LogP contribution >= 0.6 is 23.8 Å². The highest BCUT2D eigenvalue weighted by Crippen LogP contribution is 2.34. The summed E-state index contributed by atoms with van der Waals surface area (Å²) >= 11 is 11.6. The highest BCUT2D eigenvalue weighted by atomic mass is 35.5. The SMILES string of the molecule is Cc1ccc(OCC(=O)NC(=S)Nc2ccc3oc(-c4cccc5c(Cl)cccc45)nc3c2)cc1C. The molecule has 0 bridgehead atoms. The number of anilines is 1. The van der Waals surface area contributed by atoms with Crippen molar-refractivity contribution in [1.82, 2.24) is 10.3 Å². The Kier molecular flexibility index (Phi) is 6.59. The van der Waals surface area contributed by atoms with Gasteiger partial charge in [-0.1, -0.05) is 41.9 Å². The minimum absolute atomic E-state index is 0.148. The number of halogens is 1. The molecule has 1 amide bonds. The average molecular weight is 516 g/mol. The van der Waals surface area contributed by atoms with E-state index in [2.05, 4.69) is 15.6 Å². The lowest BCUT2D eigenvalue weighted by molar-refractivity contribution is -0.121. The first-order chi connectivity index (χ1) is 17.4. The standard InChI is InChI=1S/C28H22ClN3O3S/c1-16-9-11-19(13-17(16)2)34-15-26(33)32-28(36)30-18-10-12-25-24(14-18)31-27(35-25)22-7-3-6-21-20(22)5-4-8-23(21)29/h3-14H,15H2,1-2H3,(H2,30,32,33,36). The lowest BCUT2D eigenvalue weighted by Crippen LogP contribution is -2.37. The summed E-state index contributed by atoms with van der Waals surface area (Å²) in [6, 6.07) is 22.7. The summed E-state index contributed by atoms with van der Waals surface area (Å²) in [6.45, 7) is 3.87. The normalized spacial score (nSPS) is 11.0. The van der Waals surface area contributed by atoms with Gasteiger partial charge >= 0.3 is 0 Å². The molecule has 0 radical (unpaired) electrons. The van der Waals surface area contributed by atoms with Crippen molar-refractivity contribution in [2.24, 2.45) is 0 Å². The van der Waals surface area contributed by atoms with Gasteiger partial charge in [0.2, 0.25) is 5.89 Å². The van der Waals surface area contributed by atoms with Crippen LogP contribution in [0.5, 0.6) is 5.75 Å². The number of fused-ring (bicyclic) bond motifs is 2. The van der Waals surface area contributed by atoms with Gasteiger partial charge in [-0.15, -0.1) is 0 Å². The van der Waals surface area contributed by atoms with Crippen LogP contribution in [-0.2, 0) is 4.79 Å². The first-order valence-corrected chi connectivity index (χ1v) is 12.0. The Labute approximate surface area is 218 Å². The molecule has 0 atom stereocenters. The quantitative estimate of drug-likeness (QED) is 0.250. The lowest BCUT2D eigenvalue weighted by atomic mass is 10.0. The molecule has 8 heteroatoms. The third kappa shape index (κ3) is 5.03. The van der Waals surface area contributed by atoms with E-state index in [1.165, 1.54) is 0 Å². The molecule has 180 valence electrons. The van der Waals surface area contributed by atoms with E-state index in [0.717, 1.165) is 27.5 Å². The topological polar surface area (TPSA) is 76.4 Å². The summed E-state index contributed by atoms with van der Waals surface area (Å²) in [5.41, 5.74) is 5.07. The van der Waals surface area contributed by atoms with E-state index in [1.54, 1.807) is 12.1 Å². The molecule has 5 rings (SSSR count). The smallest absolute Gasteiger partial charge is 0.264 e. The van der Waals surface area contributed by atoms with Crippen LogP contribution in [0.4, 0.5) is 5.69 Å². The molecule has 0 spiro atoms. The molecule has 0 saturated carbocycles. The van der Waals surface area contributed by atoms with E-state index in [4.69, 9.17) is 33.0 Å². The van der Waals surface area contributed by atoms with Crippen molar-refractivity contribution in [2.75, 3.05) is 11.9 Å². The fraction of sp³-hybridized carbons (Fsp3) is 0.107. The van der Waals surface area contributed by atoms with Crippen LogP contribution in [0.2, 0.25) is 5.02 Å². The highest BCUT2D eigenvalue weighted by Gasteiger charge is 2.13. The van der Waals surface area contributed by atoms with Crippen LogP contribution < -0.4 is 15.4 Å². The number of nitrogens with one attached hydrogen (secondary N) is 2. The van der Waals surface area contributed by atoms with E-state index in [0.29, 0.717) is 33.4 Å². The zero-order valence-corrected chi connectivity index (χ0v) is 21.2. The summed E-state index contributed by atoms with van der Waals surface area (Å²) < 4.78 is 11.6. The van der Waals surface area contributed by atoms with Gasteiger partial charge in [0.05, 0.1) is 0 Å². The van der Waals surface area contributed by atoms with Crippen molar-refractivity contribution in [2.45, 2.75) is 13.8 Å².